The fraction of sp³-hybridized carbons (Fsp3) is 0.944. The molecule has 2 heterocycles. The summed E-state index contributed by atoms with van der Waals surface area (Å²) in [6.07, 6.45) is 8.73. The summed E-state index contributed by atoms with van der Waals surface area (Å²) >= 11 is 0. The Bertz CT molecular complexity index is 449. The summed E-state index contributed by atoms with van der Waals surface area (Å²) in [5.41, 5.74) is 1.71. The maximum atomic E-state index is 13.1. The molecule has 8 heteroatoms. The standard InChI is InChI=1S/C18H34N2O5S/c1-2-3-4-5-6-13-25-16-7-11-20(12-8-16)26(23)18(17(21)19-22)9-14-24-15-10-18/h16,22H,2-15H2,1H3,(H,19,21). The maximum Gasteiger partial charge on any atom is 0.263 e. The molecule has 1 amide bonds. The van der Waals surface area contributed by atoms with Crippen molar-refractivity contribution < 1.29 is 23.7 Å². The molecule has 7 nitrogen and oxygen atoms in total. The molecule has 0 spiro atoms. The highest BCUT2D eigenvalue weighted by Gasteiger charge is 2.48. The van der Waals surface area contributed by atoms with Crippen LogP contribution in [0.2, 0.25) is 0 Å². The van der Waals surface area contributed by atoms with E-state index in [0.717, 1.165) is 25.9 Å². The first kappa shape index (κ1) is 21.8. The number of hydrogen-bond donors (Lipinski definition) is 2. The smallest absolute Gasteiger partial charge is 0.263 e. The molecule has 0 radical (unpaired) electrons. The number of unbranched alkanes of at least 4 members (excludes halogenated alkanes) is 4. The van der Waals surface area contributed by atoms with Crippen molar-refractivity contribution in [2.45, 2.75) is 75.6 Å². The Labute approximate surface area is 159 Å². The highest BCUT2D eigenvalue weighted by molar-refractivity contribution is 7.85. The fourth-order valence-corrected chi connectivity index (χ4v) is 5.41. The Hall–Kier alpha value is -0.540. The van der Waals surface area contributed by atoms with Gasteiger partial charge in [0.2, 0.25) is 0 Å². The second-order valence-corrected chi connectivity index (χ2v) is 9.01. The van der Waals surface area contributed by atoms with E-state index >= 15 is 0 Å². The Morgan fingerprint density at radius 1 is 1.23 bits per heavy atom. The van der Waals surface area contributed by atoms with Crippen molar-refractivity contribution in [2.75, 3.05) is 32.9 Å². The number of nitrogens with zero attached hydrogens (tertiary/aromatic N) is 1. The number of hydrogen-bond acceptors (Lipinski definition) is 5. The number of hydroxylamine groups is 1. The Balaban J connectivity index is 1.77. The third kappa shape index (κ3) is 5.73. The molecule has 0 aliphatic carbocycles. The predicted molar refractivity (Wildman–Crippen MR) is 100 cm³/mol. The maximum absolute atomic E-state index is 13.1. The molecule has 2 fully saturated rings. The molecule has 0 aromatic carbocycles. The Morgan fingerprint density at radius 3 is 2.50 bits per heavy atom. The zero-order chi connectivity index (χ0) is 18.8. The molecule has 2 rings (SSSR count). The lowest BCUT2D eigenvalue weighted by Crippen LogP contribution is -2.57. The summed E-state index contributed by atoms with van der Waals surface area (Å²) in [6.45, 7) is 5.07. The van der Waals surface area contributed by atoms with Crippen LogP contribution in [0.5, 0.6) is 0 Å². The van der Waals surface area contributed by atoms with Crippen molar-refractivity contribution in [3.63, 3.8) is 0 Å². The van der Waals surface area contributed by atoms with Crippen LogP contribution in [-0.2, 0) is 25.3 Å². The molecule has 1 unspecified atom stereocenters. The summed E-state index contributed by atoms with van der Waals surface area (Å²) in [4.78, 5) is 12.2. The van der Waals surface area contributed by atoms with Crippen LogP contribution in [0.25, 0.3) is 0 Å². The fourth-order valence-electron chi connectivity index (χ4n) is 3.65. The van der Waals surface area contributed by atoms with E-state index in [9.17, 15) is 9.00 Å². The molecule has 0 bridgehead atoms. The second kappa shape index (κ2) is 11.3. The summed E-state index contributed by atoms with van der Waals surface area (Å²) in [7, 11) is -1.48. The van der Waals surface area contributed by atoms with Gasteiger partial charge in [0.25, 0.3) is 5.91 Å². The zero-order valence-electron chi connectivity index (χ0n) is 15.9. The van der Waals surface area contributed by atoms with E-state index in [-0.39, 0.29) is 6.10 Å². The lowest BCUT2D eigenvalue weighted by Gasteiger charge is -2.40. The lowest BCUT2D eigenvalue weighted by atomic mass is 9.98. The monoisotopic (exact) mass is 390 g/mol. The molecule has 2 aliphatic heterocycles. The number of piperidine rings is 1. The van der Waals surface area contributed by atoms with E-state index in [1.54, 1.807) is 5.48 Å². The van der Waals surface area contributed by atoms with Crippen LogP contribution in [0.15, 0.2) is 0 Å². The van der Waals surface area contributed by atoms with Gasteiger partial charge in [-0.3, -0.25) is 10.0 Å². The van der Waals surface area contributed by atoms with Crippen molar-refractivity contribution in [1.29, 1.82) is 0 Å². The van der Waals surface area contributed by atoms with Crippen molar-refractivity contribution in [1.82, 2.24) is 9.79 Å². The van der Waals surface area contributed by atoms with Gasteiger partial charge < -0.3 is 9.47 Å². The van der Waals surface area contributed by atoms with Crippen molar-refractivity contribution in [3.8, 4) is 0 Å². The number of carbonyl (C=O) groups is 1. The van der Waals surface area contributed by atoms with Crippen molar-refractivity contribution in [3.05, 3.63) is 0 Å². The number of carbonyl (C=O) groups excluding carboxylic acids is 1. The van der Waals surface area contributed by atoms with Crippen LogP contribution >= 0.6 is 0 Å². The van der Waals surface area contributed by atoms with Crippen molar-refractivity contribution >= 4 is 16.9 Å². The van der Waals surface area contributed by atoms with Gasteiger partial charge in [-0.15, -0.1) is 0 Å². The summed E-state index contributed by atoms with van der Waals surface area (Å²) in [6, 6.07) is 0. The van der Waals surface area contributed by atoms with Gasteiger partial charge in [-0.25, -0.2) is 14.0 Å². The number of amides is 1. The molecule has 2 saturated heterocycles. The van der Waals surface area contributed by atoms with Gasteiger partial charge >= 0.3 is 0 Å². The normalized spacial score (nSPS) is 22.8. The number of rotatable bonds is 10. The van der Waals surface area contributed by atoms with E-state index < -0.39 is 21.6 Å². The van der Waals surface area contributed by atoms with E-state index in [2.05, 4.69) is 6.92 Å². The molecule has 0 saturated carbocycles. The molecule has 0 aromatic rings. The third-order valence-electron chi connectivity index (χ3n) is 5.39. The van der Waals surface area contributed by atoms with Gasteiger partial charge in [-0.2, -0.15) is 0 Å². The topological polar surface area (TPSA) is 88.1 Å². The minimum Gasteiger partial charge on any atom is -0.381 e. The first-order chi connectivity index (χ1) is 12.6. The largest absolute Gasteiger partial charge is 0.381 e. The average molecular weight is 391 g/mol. The van der Waals surface area contributed by atoms with Gasteiger partial charge in [0.15, 0.2) is 0 Å². The van der Waals surface area contributed by atoms with Crippen molar-refractivity contribution in [2.24, 2.45) is 0 Å². The lowest BCUT2D eigenvalue weighted by molar-refractivity contribution is -0.134. The van der Waals surface area contributed by atoms with Gasteiger partial charge in [0, 0.05) is 32.9 Å². The van der Waals surface area contributed by atoms with Crippen LogP contribution in [0.4, 0.5) is 0 Å². The van der Waals surface area contributed by atoms with E-state index in [1.165, 1.54) is 25.7 Å². The molecule has 0 aromatic heterocycles. The van der Waals surface area contributed by atoms with Gasteiger partial charge in [0.1, 0.15) is 15.7 Å². The van der Waals surface area contributed by atoms with E-state index in [1.807, 2.05) is 4.31 Å². The van der Waals surface area contributed by atoms with Crippen LogP contribution < -0.4 is 5.48 Å². The highest BCUT2D eigenvalue weighted by Crippen LogP contribution is 2.31. The number of ether oxygens (including phenoxy) is 2. The molecular formula is C18H34N2O5S. The summed E-state index contributed by atoms with van der Waals surface area (Å²) in [5, 5.41) is 9.10. The van der Waals surface area contributed by atoms with Crippen LogP contribution in [0.3, 0.4) is 0 Å². The second-order valence-electron chi connectivity index (χ2n) is 7.21. The first-order valence-electron chi connectivity index (χ1n) is 9.95. The molecular weight excluding hydrogens is 356 g/mol. The van der Waals surface area contributed by atoms with E-state index in [4.69, 9.17) is 14.7 Å². The zero-order valence-corrected chi connectivity index (χ0v) is 16.7. The molecule has 2 N–H and O–H groups in total. The molecule has 2 aliphatic rings. The van der Waals surface area contributed by atoms with Gasteiger partial charge in [-0.1, -0.05) is 32.6 Å². The SMILES string of the molecule is CCCCCCCOC1CCN(S(=O)C2(C(=O)NO)CCOCC2)CC1. The first-order valence-corrected chi connectivity index (χ1v) is 11.1. The van der Waals surface area contributed by atoms with E-state index in [0.29, 0.717) is 39.1 Å². The summed E-state index contributed by atoms with van der Waals surface area (Å²) < 4.78 is 25.2. The third-order valence-corrected chi connectivity index (χ3v) is 7.48. The summed E-state index contributed by atoms with van der Waals surface area (Å²) in [5.74, 6) is -0.565. The Morgan fingerprint density at radius 2 is 1.88 bits per heavy atom. The highest BCUT2D eigenvalue weighted by atomic mass is 32.2. The molecule has 152 valence electrons. The molecule has 26 heavy (non-hydrogen) atoms. The minimum absolute atomic E-state index is 0.215. The number of nitrogens with one attached hydrogen (secondary N) is 1. The van der Waals surface area contributed by atoms with Crippen LogP contribution in [0.1, 0.15) is 64.7 Å². The van der Waals surface area contributed by atoms with Gasteiger partial charge in [0.05, 0.1) is 6.10 Å². The average Bonchev–Trinajstić information content (AvgIpc) is 2.70. The minimum atomic E-state index is -1.48. The molecule has 1 atom stereocenters. The quantitative estimate of drug-likeness (QED) is 0.339. The van der Waals surface area contributed by atoms with Crippen LogP contribution in [0, 0.1) is 0 Å². The van der Waals surface area contributed by atoms with Gasteiger partial charge in [-0.05, 0) is 32.1 Å². The Kier molecular flexibility index (Phi) is 9.49. The van der Waals surface area contributed by atoms with Crippen LogP contribution in [-0.4, -0.2) is 63.4 Å². The predicted octanol–water partition coefficient (Wildman–Crippen LogP) is 2.16.